The number of piperazine rings is 1. The number of aromatic nitrogens is 1. The Kier molecular flexibility index (Phi) is 4.57. The number of rotatable bonds is 4. The van der Waals surface area contributed by atoms with Gasteiger partial charge in [-0.25, -0.2) is 4.98 Å². The fraction of sp³-hybridized carbons (Fsp3) is 0.438. The monoisotopic (exact) mass is 348 g/mol. The second-order valence-corrected chi connectivity index (χ2v) is 6.91. The van der Waals surface area contributed by atoms with E-state index >= 15 is 0 Å². The molecule has 0 aliphatic carbocycles. The fourth-order valence-corrected chi connectivity index (χ4v) is 3.72. The predicted octanol–water partition coefficient (Wildman–Crippen LogP) is 3.00. The number of hydrogen-bond donors (Lipinski definition) is 0. The zero-order chi connectivity index (χ0) is 17.3. The summed E-state index contributed by atoms with van der Waals surface area (Å²) in [4.78, 5) is 21.0. The van der Waals surface area contributed by atoms with Crippen LogP contribution in [-0.4, -0.2) is 43.2 Å². The molecule has 2 aromatic rings. The molecule has 1 aliphatic heterocycles. The van der Waals surface area contributed by atoms with Crippen molar-refractivity contribution in [2.75, 3.05) is 43.1 Å². The minimum absolute atomic E-state index is 0.00591. The van der Waals surface area contributed by atoms with Crippen molar-refractivity contribution >= 4 is 27.8 Å². The van der Waals surface area contributed by atoms with Crippen LogP contribution in [0, 0.1) is 24.0 Å². The minimum atomic E-state index is -0.423. The number of methoxy groups -OCH3 is 1. The van der Waals surface area contributed by atoms with Crippen LogP contribution in [-0.2, 0) is 0 Å². The second-order valence-electron chi connectivity index (χ2n) is 5.73. The van der Waals surface area contributed by atoms with Gasteiger partial charge in [-0.2, -0.15) is 0 Å². The maximum absolute atomic E-state index is 11.0. The van der Waals surface area contributed by atoms with E-state index in [9.17, 15) is 10.1 Å². The lowest BCUT2D eigenvalue weighted by Gasteiger charge is -2.36. The van der Waals surface area contributed by atoms with Crippen molar-refractivity contribution in [3.8, 4) is 5.75 Å². The Labute approximate surface area is 144 Å². The third kappa shape index (κ3) is 3.14. The quantitative estimate of drug-likeness (QED) is 0.625. The van der Waals surface area contributed by atoms with Gasteiger partial charge in [0.15, 0.2) is 10.9 Å². The normalized spacial score (nSPS) is 14.8. The Balaban J connectivity index is 1.71. The molecule has 128 valence electrons. The van der Waals surface area contributed by atoms with E-state index in [4.69, 9.17) is 4.74 Å². The summed E-state index contributed by atoms with van der Waals surface area (Å²) in [5.74, 6) is 0.297. The second kappa shape index (κ2) is 6.64. The van der Waals surface area contributed by atoms with Gasteiger partial charge < -0.3 is 14.5 Å². The molecule has 1 aromatic heterocycles. The lowest BCUT2D eigenvalue weighted by Crippen LogP contribution is -2.46. The first-order valence-electron chi connectivity index (χ1n) is 7.76. The van der Waals surface area contributed by atoms with Crippen molar-refractivity contribution in [3.05, 3.63) is 38.9 Å². The van der Waals surface area contributed by atoms with E-state index in [1.54, 1.807) is 23.5 Å². The van der Waals surface area contributed by atoms with E-state index in [1.165, 1.54) is 18.1 Å². The van der Waals surface area contributed by atoms with Gasteiger partial charge in [0.1, 0.15) is 0 Å². The highest BCUT2D eigenvalue weighted by Gasteiger charge is 2.22. The number of nitrogens with zero attached hydrogens (tertiary/aromatic N) is 4. The molecule has 2 heterocycles. The number of anilines is 2. The molecule has 0 unspecified atom stereocenters. The molecule has 0 radical (unpaired) electrons. The van der Waals surface area contributed by atoms with Gasteiger partial charge >= 0.3 is 5.69 Å². The Hall–Kier alpha value is -2.35. The van der Waals surface area contributed by atoms with Crippen molar-refractivity contribution in [3.63, 3.8) is 0 Å². The highest BCUT2D eigenvalue weighted by Crippen LogP contribution is 2.32. The zero-order valence-electron chi connectivity index (χ0n) is 14.0. The zero-order valence-corrected chi connectivity index (χ0v) is 14.8. The number of aryl methyl sites for hydroxylation is 2. The molecule has 3 rings (SSSR count). The standard InChI is InChI=1S/C16H20N4O3S/c1-11-12(2)24-16(17-11)19-8-6-18(7-9-19)13-4-5-14(20(21)22)15(10-13)23-3/h4-5,10H,6-9H2,1-3H3. The Morgan fingerprint density at radius 3 is 2.42 bits per heavy atom. The van der Waals surface area contributed by atoms with E-state index in [2.05, 4.69) is 21.7 Å². The number of ether oxygens (including phenoxy) is 1. The molecule has 1 fully saturated rings. The molecule has 0 atom stereocenters. The largest absolute Gasteiger partial charge is 0.490 e. The molecule has 7 nitrogen and oxygen atoms in total. The lowest BCUT2D eigenvalue weighted by molar-refractivity contribution is -0.385. The van der Waals surface area contributed by atoms with Crippen LogP contribution in [0.5, 0.6) is 5.75 Å². The van der Waals surface area contributed by atoms with Gasteiger partial charge in [0.2, 0.25) is 0 Å². The summed E-state index contributed by atoms with van der Waals surface area (Å²) in [5, 5.41) is 12.1. The van der Waals surface area contributed by atoms with Gasteiger partial charge in [-0.15, -0.1) is 11.3 Å². The number of benzene rings is 1. The van der Waals surface area contributed by atoms with Crippen molar-refractivity contribution in [1.29, 1.82) is 0 Å². The molecule has 1 aromatic carbocycles. The van der Waals surface area contributed by atoms with Gasteiger partial charge in [0, 0.05) is 48.9 Å². The van der Waals surface area contributed by atoms with Crippen LogP contribution in [0.1, 0.15) is 10.6 Å². The van der Waals surface area contributed by atoms with E-state index < -0.39 is 4.92 Å². The van der Waals surface area contributed by atoms with Crippen LogP contribution in [0.3, 0.4) is 0 Å². The van der Waals surface area contributed by atoms with Crippen molar-refractivity contribution in [2.45, 2.75) is 13.8 Å². The van der Waals surface area contributed by atoms with Crippen LogP contribution in [0.2, 0.25) is 0 Å². The molecular weight excluding hydrogens is 328 g/mol. The topological polar surface area (TPSA) is 71.7 Å². The average Bonchev–Trinajstić information content (AvgIpc) is 2.93. The molecule has 1 saturated heterocycles. The van der Waals surface area contributed by atoms with E-state index in [-0.39, 0.29) is 5.69 Å². The Morgan fingerprint density at radius 1 is 1.21 bits per heavy atom. The summed E-state index contributed by atoms with van der Waals surface area (Å²) in [7, 11) is 1.46. The van der Waals surface area contributed by atoms with Gasteiger partial charge in [0.25, 0.3) is 0 Å². The van der Waals surface area contributed by atoms with E-state index in [0.29, 0.717) is 5.75 Å². The first kappa shape index (κ1) is 16.5. The van der Waals surface area contributed by atoms with Crippen LogP contribution in [0.25, 0.3) is 0 Å². The van der Waals surface area contributed by atoms with Gasteiger partial charge in [0.05, 0.1) is 17.7 Å². The number of hydrogen-bond acceptors (Lipinski definition) is 7. The first-order chi connectivity index (χ1) is 11.5. The number of thiazole rings is 1. The summed E-state index contributed by atoms with van der Waals surface area (Å²) < 4.78 is 5.16. The Bertz CT molecular complexity index is 734. The molecule has 0 spiro atoms. The van der Waals surface area contributed by atoms with E-state index in [0.717, 1.165) is 42.7 Å². The first-order valence-corrected chi connectivity index (χ1v) is 8.57. The van der Waals surface area contributed by atoms with Gasteiger partial charge in [-0.1, -0.05) is 0 Å². The molecule has 0 N–H and O–H groups in total. The fourth-order valence-electron chi connectivity index (χ4n) is 2.76. The van der Waals surface area contributed by atoms with Crippen LogP contribution in [0.4, 0.5) is 16.5 Å². The molecule has 24 heavy (non-hydrogen) atoms. The summed E-state index contributed by atoms with van der Waals surface area (Å²) in [5.41, 5.74) is 2.04. The van der Waals surface area contributed by atoms with Crippen molar-refractivity contribution in [2.24, 2.45) is 0 Å². The summed E-state index contributed by atoms with van der Waals surface area (Å²) >= 11 is 1.73. The van der Waals surface area contributed by atoms with Gasteiger partial charge in [-0.3, -0.25) is 10.1 Å². The predicted molar refractivity (Wildman–Crippen MR) is 95.7 cm³/mol. The van der Waals surface area contributed by atoms with Crippen LogP contribution < -0.4 is 14.5 Å². The van der Waals surface area contributed by atoms with Crippen molar-refractivity contribution < 1.29 is 9.66 Å². The summed E-state index contributed by atoms with van der Waals surface area (Å²) in [6.07, 6.45) is 0. The smallest absolute Gasteiger partial charge is 0.311 e. The van der Waals surface area contributed by atoms with Crippen LogP contribution in [0.15, 0.2) is 18.2 Å². The Morgan fingerprint density at radius 2 is 1.88 bits per heavy atom. The average molecular weight is 348 g/mol. The molecular formula is C16H20N4O3S. The molecule has 0 saturated carbocycles. The molecule has 8 heteroatoms. The lowest BCUT2D eigenvalue weighted by atomic mass is 10.2. The maximum atomic E-state index is 11.0. The number of nitro groups is 1. The molecule has 0 amide bonds. The minimum Gasteiger partial charge on any atom is -0.490 e. The highest BCUT2D eigenvalue weighted by molar-refractivity contribution is 7.15. The number of nitro benzene ring substituents is 1. The molecule has 0 bridgehead atoms. The van der Waals surface area contributed by atoms with Gasteiger partial charge in [-0.05, 0) is 19.9 Å². The van der Waals surface area contributed by atoms with Crippen molar-refractivity contribution in [1.82, 2.24) is 4.98 Å². The third-order valence-electron chi connectivity index (χ3n) is 4.29. The summed E-state index contributed by atoms with van der Waals surface area (Å²) in [6, 6.07) is 5.04. The highest BCUT2D eigenvalue weighted by atomic mass is 32.1. The maximum Gasteiger partial charge on any atom is 0.311 e. The van der Waals surface area contributed by atoms with E-state index in [1.807, 2.05) is 6.92 Å². The summed E-state index contributed by atoms with van der Waals surface area (Å²) in [6.45, 7) is 7.58. The SMILES string of the molecule is COc1cc(N2CCN(c3nc(C)c(C)s3)CC2)ccc1[N+](=O)[O-]. The molecule has 1 aliphatic rings. The van der Waals surface area contributed by atoms with Crippen LogP contribution >= 0.6 is 11.3 Å². The third-order valence-corrected chi connectivity index (χ3v) is 5.43.